The number of hydrogen-bond donors (Lipinski definition) is 2. The molecule has 2 N–H and O–H groups in total. The minimum absolute atomic E-state index is 0.217. The number of thiazole rings is 2. The zero-order valence-corrected chi connectivity index (χ0v) is 25.8. The van der Waals surface area contributed by atoms with Gasteiger partial charge in [-0.15, -0.1) is 0 Å². The first-order valence-electron chi connectivity index (χ1n) is 14.2. The third-order valence-corrected chi connectivity index (χ3v) is 8.59. The van der Waals surface area contributed by atoms with E-state index in [-0.39, 0.29) is 16.0 Å². The normalized spacial score (nSPS) is 10.6. The van der Waals surface area contributed by atoms with Gasteiger partial charge in [0.1, 0.15) is 21.3 Å². The molecule has 2 aromatic heterocycles. The lowest BCUT2D eigenvalue weighted by atomic mass is 10.1. The lowest BCUT2D eigenvalue weighted by molar-refractivity contribution is 0.104. The molecule has 2 amide bonds. The van der Waals surface area contributed by atoms with Crippen molar-refractivity contribution in [2.75, 3.05) is 10.6 Å². The number of aromatic nitrogens is 2. The molecule has 9 nitrogen and oxygen atoms in total. The average Bonchev–Trinajstić information content (AvgIpc) is 3.65. The number of benzene rings is 4. The quantitative estimate of drug-likeness (QED) is 0.144. The van der Waals surface area contributed by atoms with Gasteiger partial charge in [-0.05, 0) is 35.4 Å². The van der Waals surface area contributed by atoms with Gasteiger partial charge in [-0.2, -0.15) is 0 Å². The molecule has 0 saturated carbocycles. The third kappa shape index (κ3) is 7.89. The number of nitrogens with one attached hydrogen (secondary N) is 2. The van der Waals surface area contributed by atoms with Crippen molar-refractivity contribution in [3.8, 4) is 11.5 Å². The summed E-state index contributed by atoms with van der Waals surface area (Å²) in [7, 11) is 0. The van der Waals surface area contributed by atoms with Gasteiger partial charge in [0, 0.05) is 12.8 Å². The van der Waals surface area contributed by atoms with Crippen molar-refractivity contribution >= 4 is 50.9 Å². The van der Waals surface area contributed by atoms with E-state index >= 15 is 0 Å². The second-order valence-electron chi connectivity index (χ2n) is 9.90. The summed E-state index contributed by atoms with van der Waals surface area (Å²) in [6.07, 6.45) is -0.739. The molecule has 0 bridgehead atoms. The van der Waals surface area contributed by atoms with Crippen molar-refractivity contribution in [2.45, 2.75) is 12.8 Å². The predicted octanol–water partition coefficient (Wildman–Crippen LogP) is 8.23. The van der Waals surface area contributed by atoms with Crippen LogP contribution in [0.5, 0.6) is 11.5 Å². The van der Waals surface area contributed by atoms with Gasteiger partial charge in [0.05, 0.1) is 11.4 Å². The molecule has 0 radical (unpaired) electrons. The molecular weight excluding hydrogens is 621 g/mol. The van der Waals surface area contributed by atoms with Crippen molar-refractivity contribution < 1.29 is 23.9 Å². The standard InChI is InChI=1S/C35H26N4O5S2/c40-29(30-27(21-23-13-5-1-6-14-23)36-32(45-30)38-34(41)43-25-17-9-3-10-18-25)31-28(22-24-15-7-2-8-16-24)37-33(46-31)39-35(42)44-26-19-11-4-12-20-26/h1-20H,21-22H2,(H,36,38,41)(H,37,39,42). The molecule has 6 rings (SSSR count). The minimum Gasteiger partial charge on any atom is -0.410 e. The summed E-state index contributed by atoms with van der Waals surface area (Å²) in [5, 5.41) is 5.75. The number of carbonyl (C=O) groups excluding carboxylic acids is 3. The van der Waals surface area contributed by atoms with Crippen molar-refractivity contribution in [1.29, 1.82) is 0 Å². The fourth-order valence-electron chi connectivity index (χ4n) is 4.50. The van der Waals surface area contributed by atoms with Crippen molar-refractivity contribution in [3.63, 3.8) is 0 Å². The van der Waals surface area contributed by atoms with Gasteiger partial charge in [-0.1, -0.05) is 120 Å². The van der Waals surface area contributed by atoms with E-state index in [0.717, 1.165) is 33.8 Å². The van der Waals surface area contributed by atoms with Gasteiger partial charge >= 0.3 is 12.2 Å². The van der Waals surface area contributed by atoms with E-state index in [2.05, 4.69) is 20.6 Å². The summed E-state index contributed by atoms with van der Waals surface area (Å²) in [5.74, 6) is 0.428. The molecule has 0 spiro atoms. The van der Waals surface area contributed by atoms with E-state index in [4.69, 9.17) is 9.47 Å². The Morgan fingerprint density at radius 2 is 0.870 bits per heavy atom. The van der Waals surface area contributed by atoms with Crippen LogP contribution in [0.4, 0.5) is 19.9 Å². The van der Waals surface area contributed by atoms with Gasteiger partial charge in [-0.3, -0.25) is 15.4 Å². The average molecular weight is 647 g/mol. The number of para-hydroxylation sites is 2. The molecule has 6 aromatic rings. The molecule has 0 unspecified atom stereocenters. The van der Waals surface area contributed by atoms with Crippen molar-refractivity contribution in [3.05, 3.63) is 154 Å². The lowest BCUT2D eigenvalue weighted by Gasteiger charge is -2.04. The summed E-state index contributed by atoms with van der Waals surface area (Å²) in [6.45, 7) is 0. The SMILES string of the molecule is O=C(Nc1nc(Cc2ccccc2)c(C(=O)c2sc(NC(=O)Oc3ccccc3)nc2Cc2ccccc2)s1)Oc1ccccc1. The number of amides is 2. The Labute approximate surface area is 272 Å². The number of hydrogen-bond acceptors (Lipinski definition) is 9. The molecule has 0 aliphatic carbocycles. The third-order valence-electron chi connectivity index (χ3n) is 6.56. The maximum absolute atomic E-state index is 14.3. The van der Waals surface area contributed by atoms with Crippen LogP contribution >= 0.6 is 22.7 Å². The van der Waals surface area contributed by atoms with Crippen LogP contribution in [0.25, 0.3) is 0 Å². The molecule has 0 aliphatic rings. The van der Waals surface area contributed by atoms with Crippen LogP contribution in [0, 0.1) is 0 Å². The first kappa shape index (κ1) is 30.4. The largest absolute Gasteiger partial charge is 0.418 e. The highest BCUT2D eigenvalue weighted by atomic mass is 32.1. The van der Waals surface area contributed by atoms with Gasteiger partial charge in [0.25, 0.3) is 0 Å². The Morgan fingerprint density at radius 1 is 0.522 bits per heavy atom. The van der Waals surface area contributed by atoms with E-state index in [9.17, 15) is 14.4 Å². The number of ether oxygens (including phenoxy) is 2. The van der Waals surface area contributed by atoms with Crippen LogP contribution in [-0.2, 0) is 12.8 Å². The smallest absolute Gasteiger partial charge is 0.410 e. The van der Waals surface area contributed by atoms with E-state index < -0.39 is 12.2 Å². The molecule has 11 heteroatoms. The van der Waals surface area contributed by atoms with Crippen molar-refractivity contribution in [1.82, 2.24) is 9.97 Å². The second-order valence-corrected chi connectivity index (χ2v) is 11.9. The topological polar surface area (TPSA) is 120 Å². The zero-order chi connectivity index (χ0) is 31.7. The first-order valence-corrected chi connectivity index (χ1v) is 15.8. The fourth-order valence-corrected chi connectivity index (χ4v) is 6.40. The summed E-state index contributed by atoms with van der Waals surface area (Å²) >= 11 is 2.11. The van der Waals surface area contributed by atoms with Gasteiger partial charge < -0.3 is 9.47 Å². The van der Waals surface area contributed by atoms with Crippen LogP contribution in [0.3, 0.4) is 0 Å². The Kier molecular flexibility index (Phi) is 9.52. The minimum atomic E-state index is -0.726. The van der Waals surface area contributed by atoms with E-state index in [0.29, 0.717) is 45.5 Å². The first-order chi connectivity index (χ1) is 22.5. The molecule has 0 aliphatic heterocycles. The molecule has 2 heterocycles. The van der Waals surface area contributed by atoms with Gasteiger partial charge in [0.15, 0.2) is 10.3 Å². The summed E-state index contributed by atoms with van der Waals surface area (Å²) in [5.41, 5.74) is 2.88. The molecule has 228 valence electrons. The molecule has 0 saturated heterocycles. The zero-order valence-electron chi connectivity index (χ0n) is 24.2. The van der Waals surface area contributed by atoms with Crippen LogP contribution in [0.1, 0.15) is 37.1 Å². The number of carbonyl (C=O) groups is 3. The molecule has 0 atom stereocenters. The fraction of sp³-hybridized carbons (Fsp3) is 0.0571. The molecule has 0 fully saturated rings. The van der Waals surface area contributed by atoms with E-state index in [1.54, 1.807) is 48.5 Å². The van der Waals surface area contributed by atoms with Crippen LogP contribution in [0.15, 0.2) is 121 Å². The summed E-state index contributed by atoms with van der Waals surface area (Å²) in [6, 6.07) is 36.5. The number of nitrogens with zero attached hydrogens (tertiary/aromatic N) is 2. The monoisotopic (exact) mass is 646 g/mol. The lowest BCUT2D eigenvalue weighted by Crippen LogP contribution is -2.16. The highest BCUT2D eigenvalue weighted by Gasteiger charge is 2.27. The summed E-state index contributed by atoms with van der Waals surface area (Å²) in [4.78, 5) is 49.6. The highest BCUT2D eigenvalue weighted by Crippen LogP contribution is 2.33. The van der Waals surface area contributed by atoms with E-state index in [1.165, 1.54) is 0 Å². The number of anilines is 2. The van der Waals surface area contributed by atoms with Crippen LogP contribution < -0.4 is 20.1 Å². The van der Waals surface area contributed by atoms with Gasteiger partial charge in [-0.25, -0.2) is 19.6 Å². The van der Waals surface area contributed by atoms with Crippen LogP contribution in [-0.4, -0.2) is 27.9 Å². The Hall–Kier alpha value is -5.65. The summed E-state index contributed by atoms with van der Waals surface area (Å²) < 4.78 is 10.7. The van der Waals surface area contributed by atoms with Gasteiger partial charge in [0.2, 0.25) is 5.78 Å². The maximum Gasteiger partial charge on any atom is 0.418 e. The molecule has 46 heavy (non-hydrogen) atoms. The number of rotatable bonds is 10. The maximum atomic E-state index is 14.3. The predicted molar refractivity (Wildman–Crippen MR) is 178 cm³/mol. The Morgan fingerprint density at radius 3 is 1.24 bits per heavy atom. The highest BCUT2D eigenvalue weighted by molar-refractivity contribution is 7.21. The number of ketones is 1. The molecular formula is C35H26N4O5S2. The second kappa shape index (κ2) is 14.4. The van der Waals surface area contributed by atoms with Crippen LogP contribution in [0.2, 0.25) is 0 Å². The Bertz CT molecular complexity index is 1810. The molecule has 4 aromatic carbocycles. The van der Waals surface area contributed by atoms with E-state index in [1.807, 2.05) is 72.8 Å². The van der Waals surface area contributed by atoms with Crippen molar-refractivity contribution in [2.24, 2.45) is 0 Å². The Balaban J connectivity index is 1.31.